The highest BCUT2D eigenvalue weighted by molar-refractivity contribution is 7.17. The Labute approximate surface area is 227 Å². The number of Topliss-reactive ketones (excluding diaryl/α,β-unsaturated/α-hetero) is 1. The number of nitro groups is 1. The molecule has 0 bridgehead atoms. The highest BCUT2D eigenvalue weighted by atomic mass is 32.1. The summed E-state index contributed by atoms with van der Waals surface area (Å²) in [4.78, 5) is 55.4. The smallest absolute Gasteiger partial charge is 0.350 e. The van der Waals surface area contributed by atoms with Gasteiger partial charge in [0.2, 0.25) is 0 Å². The zero-order valence-corrected chi connectivity index (χ0v) is 22.6. The second-order valence-corrected chi connectivity index (χ2v) is 10.0. The highest BCUT2D eigenvalue weighted by Crippen LogP contribution is 2.44. The Balaban J connectivity index is 1.93. The lowest BCUT2D eigenvalue weighted by atomic mass is 9.94. The normalized spacial score (nSPS) is 16.6. The zero-order chi connectivity index (χ0) is 28.6. The summed E-state index contributed by atoms with van der Waals surface area (Å²) in [5.74, 6) is -2.55. The second kappa shape index (κ2) is 10.7. The molecule has 39 heavy (non-hydrogen) atoms. The van der Waals surface area contributed by atoms with Gasteiger partial charge >= 0.3 is 11.9 Å². The summed E-state index contributed by atoms with van der Waals surface area (Å²) < 4.78 is 10.5. The summed E-state index contributed by atoms with van der Waals surface area (Å²) in [5, 5.41) is 22.9. The monoisotopic (exact) mass is 551 g/mol. The van der Waals surface area contributed by atoms with E-state index in [2.05, 4.69) is 4.98 Å². The van der Waals surface area contributed by atoms with E-state index in [-0.39, 0.29) is 44.2 Å². The van der Waals surface area contributed by atoms with Gasteiger partial charge in [-0.05, 0) is 57.0 Å². The van der Waals surface area contributed by atoms with E-state index in [4.69, 9.17) is 9.47 Å². The summed E-state index contributed by atoms with van der Waals surface area (Å²) in [7, 11) is 1.20. The number of hydrogen-bond acceptors (Lipinski definition) is 10. The number of aliphatic hydroxyl groups excluding tert-OH is 1. The average molecular weight is 552 g/mol. The van der Waals surface area contributed by atoms with Crippen molar-refractivity contribution in [2.24, 2.45) is 0 Å². The second-order valence-electron chi connectivity index (χ2n) is 9.07. The molecule has 1 saturated heterocycles. The van der Waals surface area contributed by atoms with Crippen LogP contribution in [0, 0.1) is 24.0 Å². The number of nitro benzene ring substituents is 1. The Bertz CT molecular complexity index is 1540. The van der Waals surface area contributed by atoms with Gasteiger partial charge in [0.1, 0.15) is 16.4 Å². The van der Waals surface area contributed by atoms with Crippen molar-refractivity contribution in [3.63, 3.8) is 0 Å². The number of carbonyl (C=O) groups is 3. The molecular weight excluding hydrogens is 526 g/mol. The molecule has 2 heterocycles. The number of carbonyl (C=O) groups excluding carboxylic acids is 3. The number of rotatable bonds is 7. The van der Waals surface area contributed by atoms with Crippen LogP contribution in [-0.4, -0.2) is 45.9 Å². The van der Waals surface area contributed by atoms with Gasteiger partial charge in [0, 0.05) is 17.7 Å². The van der Waals surface area contributed by atoms with Crippen molar-refractivity contribution in [3.05, 3.63) is 85.4 Å². The molecule has 0 spiro atoms. The lowest BCUT2D eigenvalue weighted by Gasteiger charge is -2.23. The van der Waals surface area contributed by atoms with Gasteiger partial charge < -0.3 is 14.6 Å². The molecule has 1 atom stereocenters. The first kappa shape index (κ1) is 27.5. The quantitative estimate of drug-likeness (QED) is 0.108. The molecule has 1 aliphatic rings. The van der Waals surface area contributed by atoms with Crippen molar-refractivity contribution in [2.45, 2.75) is 39.8 Å². The van der Waals surface area contributed by atoms with Crippen LogP contribution in [0.1, 0.15) is 51.9 Å². The van der Waals surface area contributed by atoms with Gasteiger partial charge in [-0.15, -0.1) is 0 Å². The molecule has 12 heteroatoms. The van der Waals surface area contributed by atoms with Gasteiger partial charge in [0.25, 0.3) is 11.5 Å². The van der Waals surface area contributed by atoms with Gasteiger partial charge in [-0.1, -0.05) is 23.5 Å². The molecule has 0 aliphatic carbocycles. The van der Waals surface area contributed by atoms with Crippen LogP contribution >= 0.6 is 11.3 Å². The van der Waals surface area contributed by atoms with E-state index in [9.17, 15) is 29.6 Å². The minimum atomic E-state index is -1.26. The number of benzene rings is 2. The Morgan fingerprint density at radius 1 is 1.18 bits per heavy atom. The Morgan fingerprint density at radius 3 is 2.51 bits per heavy atom. The van der Waals surface area contributed by atoms with E-state index in [1.807, 2.05) is 13.8 Å². The maximum absolute atomic E-state index is 13.4. The lowest BCUT2D eigenvalue weighted by molar-refractivity contribution is -0.384. The van der Waals surface area contributed by atoms with Crippen LogP contribution in [0.15, 0.2) is 48.0 Å². The van der Waals surface area contributed by atoms with E-state index < -0.39 is 34.4 Å². The molecule has 3 aromatic rings. The number of aryl methyl sites for hydroxylation is 2. The topological polar surface area (TPSA) is 149 Å². The van der Waals surface area contributed by atoms with Gasteiger partial charge in [0.15, 0.2) is 5.13 Å². The summed E-state index contributed by atoms with van der Waals surface area (Å²) in [5.41, 5.74) is 0.876. The van der Waals surface area contributed by atoms with Crippen molar-refractivity contribution >= 4 is 45.6 Å². The number of hydrogen-bond donors (Lipinski definition) is 1. The maximum atomic E-state index is 13.4. The lowest BCUT2D eigenvalue weighted by Crippen LogP contribution is -2.29. The van der Waals surface area contributed by atoms with Crippen molar-refractivity contribution in [1.82, 2.24) is 4.98 Å². The standard InChI is InChI=1S/C27H25N3O8S/c1-13(2)38-19-10-9-17(11-14(19)3)22(31)20-21(16-7-6-8-18(12-16)30(35)36)29(25(33)23(20)32)27-28-15(4)24(39-27)26(34)37-5/h6-13,21,31H,1-5H3/t21-/m1/s1. The summed E-state index contributed by atoms with van der Waals surface area (Å²) in [6.45, 7) is 7.08. The van der Waals surface area contributed by atoms with Crippen molar-refractivity contribution in [3.8, 4) is 5.75 Å². The molecule has 0 radical (unpaired) electrons. The molecule has 1 amide bonds. The Kier molecular flexibility index (Phi) is 7.50. The van der Waals surface area contributed by atoms with Gasteiger partial charge in [-0.3, -0.25) is 24.6 Å². The Morgan fingerprint density at radius 2 is 1.90 bits per heavy atom. The molecule has 4 rings (SSSR count). The highest BCUT2D eigenvalue weighted by Gasteiger charge is 2.48. The average Bonchev–Trinajstić information content (AvgIpc) is 3.40. The van der Waals surface area contributed by atoms with Crippen LogP contribution in [0.3, 0.4) is 0 Å². The number of aliphatic hydroxyl groups is 1. The molecule has 2 aromatic carbocycles. The molecule has 1 aliphatic heterocycles. The number of esters is 1. The first-order valence-electron chi connectivity index (χ1n) is 11.8. The van der Waals surface area contributed by atoms with Crippen molar-refractivity contribution in [1.29, 1.82) is 0 Å². The molecule has 1 N–H and O–H groups in total. The maximum Gasteiger partial charge on any atom is 0.350 e. The van der Waals surface area contributed by atoms with Crippen LogP contribution in [0.25, 0.3) is 5.76 Å². The van der Waals surface area contributed by atoms with E-state index >= 15 is 0 Å². The van der Waals surface area contributed by atoms with Gasteiger partial charge in [-0.25, -0.2) is 9.78 Å². The number of amides is 1. The van der Waals surface area contributed by atoms with E-state index in [1.165, 1.54) is 31.4 Å². The van der Waals surface area contributed by atoms with Crippen LogP contribution in [0.5, 0.6) is 5.75 Å². The van der Waals surface area contributed by atoms with Crippen LogP contribution in [-0.2, 0) is 14.3 Å². The predicted octanol–water partition coefficient (Wildman–Crippen LogP) is 4.87. The molecule has 0 unspecified atom stereocenters. The van der Waals surface area contributed by atoms with Gasteiger partial charge in [0.05, 0.1) is 35.4 Å². The number of ether oxygens (including phenoxy) is 2. The SMILES string of the molecule is COC(=O)c1sc(N2C(=O)C(=O)C(=C(O)c3ccc(OC(C)C)c(C)c3)[C@H]2c2cccc([N+](=O)[O-])c2)nc1C. The first-order chi connectivity index (χ1) is 18.4. The fourth-order valence-electron chi connectivity index (χ4n) is 4.26. The molecule has 1 aromatic heterocycles. The third-order valence-corrected chi connectivity index (χ3v) is 7.15. The number of thiazole rings is 1. The molecule has 11 nitrogen and oxygen atoms in total. The number of ketones is 1. The summed E-state index contributed by atoms with van der Waals surface area (Å²) >= 11 is 0.836. The third-order valence-electron chi connectivity index (χ3n) is 6.01. The number of aromatic nitrogens is 1. The minimum Gasteiger partial charge on any atom is -0.507 e. The van der Waals surface area contributed by atoms with E-state index in [0.29, 0.717) is 11.3 Å². The number of non-ortho nitro benzene ring substituents is 1. The van der Waals surface area contributed by atoms with Crippen molar-refractivity contribution < 1.29 is 33.9 Å². The number of methoxy groups -OCH3 is 1. The van der Waals surface area contributed by atoms with Gasteiger partial charge in [-0.2, -0.15) is 0 Å². The molecule has 202 valence electrons. The van der Waals surface area contributed by atoms with E-state index in [0.717, 1.165) is 16.2 Å². The van der Waals surface area contributed by atoms with Crippen molar-refractivity contribution in [2.75, 3.05) is 12.0 Å². The zero-order valence-electron chi connectivity index (χ0n) is 21.8. The fraction of sp³-hybridized carbons (Fsp3) is 0.259. The Hall–Kier alpha value is -4.58. The van der Waals surface area contributed by atoms with E-state index in [1.54, 1.807) is 32.0 Å². The summed E-state index contributed by atoms with van der Waals surface area (Å²) in [6.07, 6.45) is -0.0843. The molecule has 1 fully saturated rings. The largest absolute Gasteiger partial charge is 0.507 e. The summed E-state index contributed by atoms with van der Waals surface area (Å²) in [6, 6.07) is 9.00. The number of anilines is 1. The van der Waals surface area contributed by atoms with Crippen LogP contribution in [0.2, 0.25) is 0 Å². The number of nitrogens with zero attached hydrogens (tertiary/aromatic N) is 3. The minimum absolute atomic E-state index is 0.00224. The predicted molar refractivity (Wildman–Crippen MR) is 143 cm³/mol. The third kappa shape index (κ3) is 5.10. The molecular formula is C27H25N3O8S. The van der Waals surface area contributed by atoms with Crippen LogP contribution < -0.4 is 9.64 Å². The first-order valence-corrected chi connectivity index (χ1v) is 12.6. The fourth-order valence-corrected chi connectivity index (χ4v) is 5.27. The van der Waals surface area contributed by atoms with Crippen LogP contribution in [0.4, 0.5) is 10.8 Å². The molecule has 0 saturated carbocycles.